The van der Waals surface area contributed by atoms with Crippen molar-refractivity contribution in [3.8, 4) is 0 Å². The van der Waals surface area contributed by atoms with E-state index in [0.717, 1.165) is 30.0 Å². The Morgan fingerprint density at radius 1 is 1.21 bits per heavy atom. The molecule has 0 saturated heterocycles. The van der Waals surface area contributed by atoms with Crippen LogP contribution in [0, 0.1) is 13.8 Å². The number of anilines is 3. The molecule has 0 radical (unpaired) electrons. The highest BCUT2D eigenvalue weighted by molar-refractivity contribution is 5.59. The SMILES string of the molecule is CCCNc1cnnc(Nc2cc(C)ccc2C)n1. The van der Waals surface area contributed by atoms with Gasteiger partial charge in [-0.3, -0.25) is 0 Å². The van der Waals surface area contributed by atoms with Gasteiger partial charge in [-0.25, -0.2) is 0 Å². The zero-order valence-corrected chi connectivity index (χ0v) is 11.6. The summed E-state index contributed by atoms with van der Waals surface area (Å²) in [5.74, 6) is 1.25. The quantitative estimate of drug-likeness (QED) is 0.862. The van der Waals surface area contributed by atoms with Crippen LogP contribution in [-0.4, -0.2) is 21.7 Å². The van der Waals surface area contributed by atoms with Crippen molar-refractivity contribution in [2.24, 2.45) is 0 Å². The molecule has 2 rings (SSSR count). The largest absolute Gasteiger partial charge is 0.369 e. The summed E-state index contributed by atoms with van der Waals surface area (Å²) in [6, 6.07) is 6.23. The maximum Gasteiger partial charge on any atom is 0.249 e. The lowest BCUT2D eigenvalue weighted by Gasteiger charge is -2.09. The van der Waals surface area contributed by atoms with Crippen molar-refractivity contribution in [3.05, 3.63) is 35.5 Å². The molecule has 0 fully saturated rings. The first-order chi connectivity index (χ1) is 9.19. The average molecular weight is 257 g/mol. The van der Waals surface area contributed by atoms with Crippen LogP contribution in [0.2, 0.25) is 0 Å². The molecule has 0 spiro atoms. The van der Waals surface area contributed by atoms with Gasteiger partial charge in [0.05, 0.1) is 6.20 Å². The summed E-state index contributed by atoms with van der Waals surface area (Å²) in [5, 5.41) is 14.3. The summed E-state index contributed by atoms with van der Waals surface area (Å²) in [5.41, 5.74) is 3.36. The van der Waals surface area contributed by atoms with E-state index in [1.54, 1.807) is 6.20 Å². The Hall–Kier alpha value is -2.17. The highest BCUT2D eigenvalue weighted by Gasteiger charge is 2.03. The van der Waals surface area contributed by atoms with E-state index in [2.05, 4.69) is 57.9 Å². The summed E-state index contributed by atoms with van der Waals surface area (Å²) in [6.45, 7) is 7.09. The summed E-state index contributed by atoms with van der Waals surface area (Å²) >= 11 is 0. The molecule has 0 unspecified atom stereocenters. The van der Waals surface area contributed by atoms with E-state index in [0.29, 0.717) is 5.95 Å². The van der Waals surface area contributed by atoms with Gasteiger partial charge in [0.25, 0.3) is 0 Å². The fourth-order valence-electron chi connectivity index (χ4n) is 1.69. The summed E-state index contributed by atoms with van der Waals surface area (Å²) in [6.07, 6.45) is 2.67. The highest BCUT2D eigenvalue weighted by Crippen LogP contribution is 2.19. The van der Waals surface area contributed by atoms with Crippen molar-refractivity contribution in [1.29, 1.82) is 0 Å². The van der Waals surface area contributed by atoms with Crippen LogP contribution >= 0.6 is 0 Å². The van der Waals surface area contributed by atoms with Crippen LogP contribution < -0.4 is 10.6 Å². The van der Waals surface area contributed by atoms with Crippen LogP contribution in [0.15, 0.2) is 24.4 Å². The molecule has 5 heteroatoms. The Morgan fingerprint density at radius 3 is 2.84 bits per heavy atom. The molecule has 0 atom stereocenters. The molecule has 1 aromatic carbocycles. The molecule has 0 saturated carbocycles. The molecule has 0 aliphatic heterocycles. The monoisotopic (exact) mass is 257 g/mol. The minimum absolute atomic E-state index is 0.509. The molecule has 0 aliphatic rings. The predicted octanol–water partition coefficient (Wildman–Crippen LogP) is 3.05. The van der Waals surface area contributed by atoms with Gasteiger partial charge in [0.1, 0.15) is 0 Å². The molecule has 19 heavy (non-hydrogen) atoms. The number of hydrogen-bond acceptors (Lipinski definition) is 5. The van der Waals surface area contributed by atoms with Gasteiger partial charge in [-0.15, -0.1) is 5.10 Å². The molecule has 5 nitrogen and oxygen atoms in total. The minimum Gasteiger partial charge on any atom is -0.369 e. The Balaban J connectivity index is 2.16. The van der Waals surface area contributed by atoms with Gasteiger partial charge in [-0.1, -0.05) is 19.1 Å². The van der Waals surface area contributed by atoms with Crippen LogP contribution in [0.5, 0.6) is 0 Å². The van der Waals surface area contributed by atoms with Crippen LogP contribution in [0.4, 0.5) is 17.5 Å². The lowest BCUT2D eigenvalue weighted by molar-refractivity contribution is 0.935. The number of aryl methyl sites for hydroxylation is 2. The fraction of sp³-hybridized carbons (Fsp3) is 0.357. The Bertz CT molecular complexity index is 553. The lowest BCUT2D eigenvalue weighted by Crippen LogP contribution is -2.06. The van der Waals surface area contributed by atoms with Crippen LogP contribution in [0.25, 0.3) is 0 Å². The molecule has 0 amide bonds. The number of benzene rings is 1. The Kier molecular flexibility index (Phi) is 4.28. The smallest absolute Gasteiger partial charge is 0.249 e. The van der Waals surface area contributed by atoms with E-state index >= 15 is 0 Å². The minimum atomic E-state index is 0.509. The molecule has 1 aromatic heterocycles. The van der Waals surface area contributed by atoms with Crippen molar-refractivity contribution in [2.45, 2.75) is 27.2 Å². The van der Waals surface area contributed by atoms with Crippen molar-refractivity contribution in [1.82, 2.24) is 15.2 Å². The number of aromatic nitrogens is 3. The number of hydrogen-bond donors (Lipinski definition) is 2. The summed E-state index contributed by atoms with van der Waals surface area (Å²) in [4.78, 5) is 4.38. The first-order valence-corrected chi connectivity index (χ1v) is 6.47. The normalized spacial score (nSPS) is 10.3. The molecule has 0 bridgehead atoms. The third-order valence-electron chi connectivity index (χ3n) is 2.75. The zero-order valence-electron chi connectivity index (χ0n) is 11.6. The third-order valence-corrected chi connectivity index (χ3v) is 2.75. The Morgan fingerprint density at radius 2 is 2.05 bits per heavy atom. The van der Waals surface area contributed by atoms with Crippen molar-refractivity contribution < 1.29 is 0 Å². The highest BCUT2D eigenvalue weighted by atomic mass is 15.3. The zero-order chi connectivity index (χ0) is 13.7. The van der Waals surface area contributed by atoms with Crippen molar-refractivity contribution in [3.63, 3.8) is 0 Å². The predicted molar refractivity (Wildman–Crippen MR) is 77.8 cm³/mol. The van der Waals surface area contributed by atoms with Gasteiger partial charge < -0.3 is 10.6 Å². The van der Waals surface area contributed by atoms with Crippen LogP contribution in [-0.2, 0) is 0 Å². The number of rotatable bonds is 5. The van der Waals surface area contributed by atoms with E-state index in [1.807, 2.05) is 6.92 Å². The number of nitrogens with one attached hydrogen (secondary N) is 2. The second kappa shape index (κ2) is 6.13. The summed E-state index contributed by atoms with van der Waals surface area (Å²) in [7, 11) is 0. The lowest BCUT2D eigenvalue weighted by atomic mass is 10.1. The molecule has 1 heterocycles. The standard InChI is InChI=1S/C14H19N5/c1-4-7-15-13-9-16-19-14(18-13)17-12-8-10(2)5-6-11(12)3/h5-6,8-9H,4,7H2,1-3H3,(H2,15,17,18,19). The van der Waals surface area contributed by atoms with Crippen LogP contribution in [0.1, 0.15) is 24.5 Å². The maximum absolute atomic E-state index is 4.38. The molecule has 2 N–H and O–H groups in total. The van der Waals surface area contributed by atoms with Gasteiger partial charge >= 0.3 is 0 Å². The van der Waals surface area contributed by atoms with E-state index in [1.165, 1.54) is 5.56 Å². The van der Waals surface area contributed by atoms with E-state index < -0.39 is 0 Å². The fourth-order valence-corrected chi connectivity index (χ4v) is 1.69. The first-order valence-electron chi connectivity index (χ1n) is 6.47. The topological polar surface area (TPSA) is 62.7 Å². The van der Waals surface area contributed by atoms with Gasteiger partial charge in [0.2, 0.25) is 5.95 Å². The maximum atomic E-state index is 4.38. The number of nitrogens with zero attached hydrogens (tertiary/aromatic N) is 3. The van der Waals surface area contributed by atoms with Crippen LogP contribution in [0.3, 0.4) is 0 Å². The second-order valence-corrected chi connectivity index (χ2v) is 4.54. The van der Waals surface area contributed by atoms with E-state index in [9.17, 15) is 0 Å². The van der Waals surface area contributed by atoms with Crippen molar-refractivity contribution >= 4 is 17.5 Å². The molecule has 2 aromatic rings. The van der Waals surface area contributed by atoms with E-state index in [4.69, 9.17) is 0 Å². The van der Waals surface area contributed by atoms with E-state index in [-0.39, 0.29) is 0 Å². The molecule has 100 valence electrons. The molecular weight excluding hydrogens is 238 g/mol. The van der Waals surface area contributed by atoms with Crippen molar-refractivity contribution in [2.75, 3.05) is 17.2 Å². The van der Waals surface area contributed by atoms with Gasteiger partial charge in [0.15, 0.2) is 5.82 Å². The Labute approximate surface area is 113 Å². The molecule has 0 aliphatic carbocycles. The van der Waals surface area contributed by atoms with Gasteiger partial charge in [0, 0.05) is 12.2 Å². The average Bonchev–Trinajstić information content (AvgIpc) is 2.41. The second-order valence-electron chi connectivity index (χ2n) is 4.54. The summed E-state index contributed by atoms with van der Waals surface area (Å²) < 4.78 is 0. The molecular formula is C14H19N5. The first kappa shape index (κ1) is 13.3. The third kappa shape index (κ3) is 3.64. The van der Waals surface area contributed by atoms with Gasteiger partial charge in [-0.05, 0) is 37.5 Å². The van der Waals surface area contributed by atoms with Gasteiger partial charge in [-0.2, -0.15) is 10.1 Å².